The first kappa shape index (κ1) is 19.0. The van der Waals surface area contributed by atoms with Gasteiger partial charge >= 0.3 is 5.97 Å². The Bertz CT molecular complexity index is 959. The highest BCUT2D eigenvalue weighted by Gasteiger charge is 2.13. The fourth-order valence-corrected chi connectivity index (χ4v) is 3.72. The van der Waals surface area contributed by atoms with E-state index in [1.165, 1.54) is 16.7 Å². The van der Waals surface area contributed by atoms with Crippen molar-refractivity contribution in [3.63, 3.8) is 0 Å². The Morgan fingerprint density at radius 1 is 1.08 bits per heavy atom. The molecule has 0 saturated carbocycles. The molecule has 8 heteroatoms. The highest BCUT2D eigenvalue weighted by atomic mass is 35.5. The maximum atomic E-state index is 11.0. The summed E-state index contributed by atoms with van der Waals surface area (Å²) in [5.74, 6) is -0.417. The Balaban J connectivity index is 1.79. The average Bonchev–Trinajstić information content (AvgIpc) is 3.04. The van der Waals surface area contributed by atoms with E-state index in [0.29, 0.717) is 32.2 Å². The predicted molar refractivity (Wildman–Crippen MR) is 104 cm³/mol. The SMILES string of the molecule is O=C(O)c1csc(Cc2cc(Cl)ccc2OCc2ccc(Cl)cc2Cl)n1. The van der Waals surface area contributed by atoms with Gasteiger partial charge < -0.3 is 9.84 Å². The van der Waals surface area contributed by atoms with Crippen molar-refractivity contribution in [3.8, 4) is 5.75 Å². The third-order valence-electron chi connectivity index (χ3n) is 3.53. The Hall–Kier alpha value is -1.79. The lowest BCUT2D eigenvalue weighted by molar-refractivity contribution is 0.0691. The second-order valence-electron chi connectivity index (χ2n) is 5.38. The molecule has 4 nitrogen and oxygen atoms in total. The highest BCUT2D eigenvalue weighted by molar-refractivity contribution is 7.09. The van der Waals surface area contributed by atoms with Crippen molar-refractivity contribution in [1.82, 2.24) is 4.98 Å². The summed E-state index contributed by atoms with van der Waals surface area (Å²) in [5.41, 5.74) is 1.65. The summed E-state index contributed by atoms with van der Waals surface area (Å²) < 4.78 is 5.90. The Morgan fingerprint density at radius 3 is 2.50 bits per heavy atom. The molecule has 2 aromatic carbocycles. The van der Waals surface area contributed by atoms with Crippen LogP contribution in [-0.2, 0) is 13.0 Å². The van der Waals surface area contributed by atoms with Gasteiger partial charge in [-0.3, -0.25) is 0 Å². The van der Waals surface area contributed by atoms with E-state index in [2.05, 4.69) is 4.98 Å². The van der Waals surface area contributed by atoms with Crippen molar-refractivity contribution in [2.45, 2.75) is 13.0 Å². The first-order valence-electron chi connectivity index (χ1n) is 7.45. The maximum absolute atomic E-state index is 11.0. The van der Waals surface area contributed by atoms with Crippen LogP contribution in [0.2, 0.25) is 15.1 Å². The van der Waals surface area contributed by atoms with Crippen LogP contribution in [0.15, 0.2) is 41.8 Å². The highest BCUT2D eigenvalue weighted by Crippen LogP contribution is 2.29. The zero-order valence-electron chi connectivity index (χ0n) is 13.2. The molecule has 0 atom stereocenters. The van der Waals surface area contributed by atoms with Crippen molar-refractivity contribution in [2.24, 2.45) is 0 Å². The molecule has 0 bridgehead atoms. The van der Waals surface area contributed by atoms with E-state index in [1.54, 1.807) is 36.4 Å². The van der Waals surface area contributed by atoms with Crippen LogP contribution in [0.3, 0.4) is 0 Å². The molecule has 0 fully saturated rings. The number of carboxylic acid groups (broad SMARTS) is 1. The summed E-state index contributed by atoms with van der Waals surface area (Å²) in [6.07, 6.45) is 0.419. The van der Waals surface area contributed by atoms with Gasteiger partial charge in [-0.2, -0.15) is 0 Å². The predicted octanol–water partition coefficient (Wildman–Crippen LogP) is 5.97. The molecule has 0 unspecified atom stereocenters. The number of hydrogen-bond donors (Lipinski definition) is 1. The fraction of sp³-hybridized carbons (Fsp3) is 0.111. The molecule has 3 aromatic rings. The maximum Gasteiger partial charge on any atom is 0.355 e. The molecule has 0 radical (unpaired) electrons. The number of halogens is 3. The van der Waals surface area contributed by atoms with Gasteiger partial charge in [0, 0.05) is 38.0 Å². The Labute approximate surface area is 168 Å². The molecule has 1 aromatic heterocycles. The molecule has 1 N–H and O–H groups in total. The minimum absolute atomic E-state index is 0.0300. The number of carbonyl (C=O) groups is 1. The number of rotatable bonds is 6. The zero-order valence-corrected chi connectivity index (χ0v) is 16.3. The van der Waals surface area contributed by atoms with Gasteiger partial charge in [0.1, 0.15) is 12.4 Å². The van der Waals surface area contributed by atoms with E-state index in [-0.39, 0.29) is 12.3 Å². The Morgan fingerprint density at radius 2 is 1.81 bits per heavy atom. The van der Waals surface area contributed by atoms with Gasteiger partial charge in [-0.1, -0.05) is 40.9 Å². The van der Waals surface area contributed by atoms with Crippen LogP contribution in [0.4, 0.5) is 0 Å². The van der Waals surface area contributed by atoms with Gasteiger partial charge in [0.2, 0.25) is 0 Å². The molecule has 26 heavy (non-hydrogen) atoms. The molecular formula is C18H12Cl3NO3S. The van der Waals surface area contributed by atoms with Crippen LogP contribution in [0, 0.1) is 0 Å². The molecule has 0 spiro atoms. The first-order chi connectivity index (χ1) is 12.4. The van der Waals surface area contributed by atoms with E-state index in [9.17, 15) is 4.79 Å². The number of carboxylic acids is 1. The summed E-state index contributed by atoms with van der Waals surface area (Å²) >= 11 is 19.5. The summed E-state index contributed by atoms with van der Waals surface area (Å²) in [4.78, 5) is 15.1. The third kappa shape index (κ3) is 4.68. The first-order valence-corrected chi connectivity index (χ1v) is 9.46. The second-order valence-corrected chi connectivity index (χ2v) is 7.61. The Kier molecular flexibility index (Phi) is 6.04. The van der Waals surface area contributed by atoms with Crippen molar-refractivity contribution >= 4 is 52.1 Å². The van der Waals surface area contributed by atoms with Gasteiger partial charge in [0.25, 0.3) is 0 Å². The average molecular weight is 429 g/mol. The van der Waals surface area contributed by atoms with Gasteiger partial charge in [-0.15, -0.1) is 11.3 Å². The fourth-order valence-electron chi connectivity index (χ4n) is 2.27. The largest absolute Gasteiger partial charge is 0.489 e. The van der Waals surface area contributed by atoms with Crippen molar-refractivity contribution < 1.29 is 14.6 Å². The lowest BCUT2D eigenvalue weighted by Gasteiger charge is -2.12. The van der Waals surface area contributed by atoms with Crippen LogP contribution in [0.5, 0.6) is 5.75 Å². The minimum atomic E-state index is -1.05. The quantitative estimate of drug-likeness (QED) is 0.525. The molecule has 0 aliphatic carbocycles. The molecule has 0 saturated heterocycles. The lowest BCUT2D eigenvalue weighted by Crippen LogP contribution is -2.01. The number of aromatic nitrogens is 1. The van der Waals surface area contributed by atoms with Crippen LogP contribution in [0.25, 0.3) is 0 Å². The van der Waals surface area contributed by atoms with E-state index in [1.807, 2.05) is 0 Å². The van der Waals surface area contributed by atoms with E-state index in [4.69, 9.17) is 44.6 Å². The molecule has 0 aliphatic rings. The summed E-state index contributed by atoms with van der Waals surface area (Å²) in [6, 6.07) is 10.5. The molecular weight excluding hydrogens is 417 g/mol. The van der Waals surface area contributed by atoms with E-state index in [0.717, 1.165) is 11.1 Å². The number of aromatic carboxylic acids is 1. The molecule has 1 heterocycles. The van der Waals surface area contributed by atoms with Crippen molar-refractivity contribution in [3.05, 3.63) is 78.7 Å². The van der Waals surface area contributed by atoms with Crippen molar-refractivity contribution in [2.75, 3.05) is 0 Å². The van der Waals surface area contributed by atoms with Gasteiger partial charge in [-0.25, -0.2) is 9.78 Å². The summed E-state index contributed by atoms with van der Waals surface area (Å²) in [6.45, 7) is 0.267. The molecule has 134 valence electrons. The van der Waals surface area contributed by atoms with Crippen LogP contribution < -0.4 is 4.74 Å². The minimum Gasteiger partial charge on any atom is -0.489 e. The monoisotopic (exact) mass is 427 g/mol. The van der Waals surface area contributed by atoms with E-state index >= 15 is 0 Å². The smallest absolute Gasteiger partial charge is 0.355 e. The number of benzene rings is 2. The van der Waals surface area contributed by atoms with E-state index < -0.39 is 5.97 Å². The zero-order chi connectivity index (χ0) is 18.7. The van der Waals surface area contributed by atoms with Crippen LogP contribution in [-0.4, -0.2) is 16.1 Å². The van der Waals surface area contributed by atoms with Crippen molar-refractivity contribution in [1.29, 1.82) is 0 Å². The third-order valence-corrected chi connectivity index (χ3v) is 5.20. The van der Waals surface area contributed by atoms with Gasteiger partial charge in [-0.05, 0) is 30.3 Å². The van der Waals surface area contributed by atoms with Gasteiger partial charge in [0.15, 0.2) is 5.69 Å². The summed E-state index contributed by atoms with van der Waals surface area (Å²) in [7, 11) is 0. The standard InChI is InChI=1S/C18H12Cl3NO3S/c19-12-3-4-16(25-8-10-1-2-13(20)7-14(10)21)11(5-12)6-17-22-15(9-26-17)18(23)24/h1-5,7,9H,6,8H2,(H,23,24). The number of nitrogens with zero attached hydrogens (tertiary/aromatic N) is 1. The number of thiazole rings is 1. The topological polar surface area (TPSA) is 59.4 Å². The van der Waals surface area contributed by atoms with Crippen LogP contribution in [0.1, 0.15) is 26.6 Å². The summed E-state index contributed by atoms with van der Waals surface area (Å²) in [5, 5.41) is 12.8. The number of ether oxygens (including phenoxy) is 1. The normalized spacial score (nSPS) is 10.7. The molecule has 0 aliphatic heterocycles. The lowest BCUT2D eigenvalue weighted by atomic mass is 10.1. The van der Waals surface area contributed by atoms with Gasteiger partial charge in [0.05, 0.1) is 5.01 Å². The van der Waals surface area contributed by atoms with Crippen LogP contribution >= 0.6 is 46.1 Å². The molecule has 3 rings (SSSR count). The molecule has 0 amide bonds. The second kappa shape index (κ2) is 8.27. The number of hydrogen-bond acceptors (Lipinski definition) is 4.